The van der Waals surface area contributed by atoms with Crippen molar-refractivity contribution in [2.45, 2.75) is 32.5 Å². The average molecular weight is 457 g/mol. The molecular formula is C27H25FN4S. The van der Waals surface area contributed by atoms with Gasteiger partial charge in [-0.2, -0.15) is 0 Å². The van der Waals surface area contributed by atoms with E-state index in [1.165, 1.54) is 11.6 Å². The van der Waals surface area contributed by atoms with E-state index in [2.05, 4.69) is 33.4 Å². The minimum absolute atomic E-state index is 0.0840. The van der Waals surface area contributed by atoms with Gasteiger partial charge in [-0.3, -0.25) is 4.98 Å². The van der Waals surface area contributed by atoms with Crippen molar-refractivity contribution in [3.63, 3.8) is 0 Å². The summed E-state index contributed by atoms with van der Waals surface area (Å²) in [7, 11) is 0. The summed E-state index contributed by atoms with van der Waals surface area (Å²) in [6, 6.07) is 25.1. The van der Waals surface area contributed by atoms with Crippen LogP contribution in [0.2, 0.25) is 0 Å². The molecule has 0 spiro atoms. The van der Waals surface area contributed by atoms with Crippen molar-refractivity contribution >= 4 is 17.3 Å². The van der Waals surface area contributed by atoms with Crippen LogP contribution in [0.5, 0.6) is 0 Å². The molecule has 2 aromatic carbocycles. The first-order valence-corrected chi connectivity index (χ1v) is 11.4. The average Bonchev–Trinajstić information content (AvgIpc) is 3.30. The first-order chi connectivity index (χ1) is 16.0. The second kappa shape index (κ2) is 8.79. The summed E-state index contributed by atoms with van der Waals surface area (Å²) in [5.41, 5.74) is 5.73. The molecule has 0 bridgehead atoms. The summed E-state index contributed by atoms with van der Waals surface area (Å²) in [5, 5.41) is 4.20. The van der Waals surface area contributed by atoms with Crippen LogP contribution in [0.1, 0.15) is 40.3 Å². The van der Waals surface area contributed by atoms with E-state index < -0.39 is 0 Å². The van der Waals surface area contributed by atoms with E-state index in [1.807, 2.05) is 66.9 Å². The van der Waals surface area contributed by atoms with Crippen LogP contribution in [0, 0.1) is 19.7 Å². The van der Waals surface area contributed by atoms with Gasteiger partial charge in [-0.25, -0.2) is 4.39 Å². The van der Waals surface area contributed by atoms with Gasteiger partial charge in [0.2, 0.25) is 0 Å². The molecule has 33 heavy (non-hydrogen) atoms. The molecule has 1 fully saturated rings. The van der Waals surface area contributed by atoms with Crippen molar-refractivity contribution in [3.8, 4) is 5.69 Å². The van der Waals surface area contributed by atoms with Crippen LogP contribution in [0.25, 0.3) is 5.69 Å². The Labute approximate surface area is 198 Å². The highest BCUT2D eigenvalue weighted by Gasteiger charge is 2.41. The van der Waals surface area contributed by atoms with E-state index in [1.54, 1.807) is 12.3 Å². The largest absolute Gasteiger partial charge is 0.352 e. The molecule has 1 aliphatic rings. The highest BCUT2D eigenvalue weighted by Crippen LogP contribution is 2.42. The molecule has 1 N–H and O–H groups in total. The highest BCUT2D eigenvalue weighted by molar-refractivity contribution is 7.80. The zero-order valence-electron chi connectivity index (χ0n) is 18.6. The lowest BCUT2D eigenvalue weighted by molar-refractivity contribution is 0.310. The van der Waals surface area contributed by atoms with E-state index in [-0.39, 0.29) is 17.9 Å². The van der Waals surface area contributed by atoms with Gasteiger partial charge in [0.25, 0.3) is 0 Å². The van der Waals surface area contributed by atoms with Gasteiger partial charge in [0.05, 0.1) is 23.5 Å². The molecule has 4 nitrogen and oxygen atoms in total. The SMILES string of the molecule is Cc1cc(C2C(c3ccccn3)NC(=S)N2Cc2ccccc2)c(C)n1-c1ccccc1F. The fourth-order valence-electron chi connectivity index (χ4n) is 4.79. The lowest BCUT2D eigenvalue weighted by Crippen LogP contribution is -2.29. The summed E-state index contributed by atoms with van der Waals surface area (Å²) in [4.78, 5) is 6.85. The van der Waals surface area contributed by atoms with Crippen molar-refractivity contribution in [1.29, 1.82) is 0 Å². The standard InChI is InChI=1S/C27H25FN4S/c1-18-16-21(19(2)32(18)24-14-7-6-12-22(24)28)26-25(23-13-8-9-15-29-23)30-27(33)31(26)17-20-10-4-3-5-11-20/h3-16,25-26H,17H2,1-2H3,(H,30,33). The Morgan fingerprint density at radius 3 is 2.42 bits per heavy atom. The molecule has 4 aromatic rings. The zero-order valence-corrected chi connectivity index (χ0v) is 19.4. The Morgan fingerprint density at radius 1 is 0.970 bits per heavy atom. The molecule has 1 aliphatic heterocycles. The van der Waals surface area contributed by atoms with Gasteiger partial charge >= 0.3 is 0 Å². The van der Waals surface area contributed by atoms with E-state index in [0.29, 0.717) is 17.3 Å². The Morgan fingerprint density at radius 2 is 1.70 bits per heavy atom. The number of para-hydroxylation sites is 1. The molecule has 0 saturated carbocycles. The normalized spacial score (nSPS) is 17.9. The summed E-state index contributed by atoms with van der Waals surface area (Å²) in [6.07, 6.45) is 1.81. The summed E-state index contributed by atoms with van der Waals surface area (Å²) in [5.74, 6) is -0.242. The number of nitrogens with zero attached hydrogens (tertiary/aromatic N) is 3. The third kappa shape index (κ3) is 3.91. The second-order valence-corrected chi connectivity index (χ2v) is 8.74. The predicted octanol–water partition coefficient (Wildman–Crippen LogP) is 5.80. The van der Waals surface area contributed by atoms with Gasteiger partial charge < -0.3 is 14.8 Å². The van der Waals surface area contributed by atoms with Crippen molar-refractivity contribution in [2.24, 2.45) is 0 Å². The summed E-state index contributed by atoms with van der Waals surface area (Å²) >= 11 is 5.81. The molecular weight excluding hydrogens is 431 g/mol. The van der Waals surface area contributed by atoms with Crippen LogP contribution in [0.15, 0.2) is 85.1 Å². The quantitative estimate of drug-likeness (QED) is 0.385. The molecule has 2 aromatic heterocycles. The molecule has 6 heteroatoms. The third-order valence-electron chi connectivity index (χ3n) is 6.28. The number of thiocarbonyl (C=S) groups is 1. The zero-order chi connectivity index (χ0) is 22.9. The van der Waals surface area contributed by atoms with Gasteiger partial charge in [-0.05, 0) is 67.5 Å². The maximum absolute atomic E-state index is 14.7. The molecule has 0 amide bonds. The molecule has 0 radical (unpaired) electrons. The van der Waals surface area contributed by atoms with Crippen LogP contribution >= 0.6 is 12.2 Å². The lowest BCUT2D eigenvalue weighted by atomic mass is 9.96. The summed E-state index contributed by atoms with van der Waals surface area (Å²) in [6.45, 7) is 4.73. The molecule has 3 heterocycles. The van der Waals surface area contributed by atoms with Crippen molar-refractivity contribution in [3.05, 3.63) is 119 Å². The first kappa shape index (κ1) is 21.3. The Balaban J connectivity index is 1.63. The van der Waals surface area contributed by atoms with Gasteiger partial charge in [0.15, 0.2) is 5.11 Å². The minimum Gasteiger partial charge on any atom is -0.352 e. The van der Waals surface area contributed by atoms with Gasteiger partial charge in [-0.15, -0.1) is 0 Å². The predicted molar refractivity (Wildman–Crippen MR) is 133 cm³/mol. The molecule has 0 aliphatic carbocycles. The third-order valence-corrected chi connectivity index (χ3v) is 6.63. The Hall–Kier alpha value is -3.51. The molecule has 2 atom stereocenters. The number of pyridine rings is 1. The number of nitrogens with one attached hydrogen (secondary N) is 1. The van der Waals surface area contributed by atoms with Crippen molar-refractivity contribution in [2.75, 3.05) is 0 Å². The number of aryl methyl sites for hydroxylation is 1. The molecule has 166 valence electrons. The van der Waals surface area contributed by atoms with E-state index in [9.17, 15) is 4.39 Å². The Kier molecular flexibility index (Phi) is 5.68. The smallest absolute Gasteiger partial charge is 0.170 e. The molecule has 2 unspecified atom stereocenters. The maximum atomic E-state index is 14.7. The van der Waals surface area contributed by atoms with Crippen molar-refractivity contribution < 1.29 is 4.39 Å². The lowest BCUT2D eigenvalue weighted by Gasteiger charge is -2.28. The minimum atomic E-state index is -0.242. The first-order valence-electron chi connectivity index (χ1n) is 11.0. The van der Waals surface area contributed by atoms with Crippen LogP contribution in [-0.4, -0.2) is 19.6 Å². The number of hydrogen-bond donors (Lipinski definition) is 1. The van der Waals surface area contributed by atoms with Gasteiger partial charge in [0, 0.05) is 24.1 Å². The topological polar surface area (TPSA) is 33.1 Å². The van der Waals surface area contributed by atoms with E-state index in [4.69, 9.17) is 12.2 Å². The highest BCUT2D eigenvalue weighted by atomic mass is 32.1. The molecule has 5 rings (SSSR count). The van der Waals surface area contributed by atoms with E-state index >= 15 is 0 Å². The monoisotopic (exact) mass is 456 g/mol. The Bertz CT molecular complexity index is 1290. The van der Waals surface area contributed by atoms with Gasteiger partial charge in [-0.1, -0.05) is 48.5 Å². The summed E-state index contributed by atoms with van der Waals surface area (Å²) < 4.78 is 16.7. The fourth-order valence-corrected chi connectivity index (χ4v) is 5.09. The van der Waals surface area contributed by atoms with Gasteiger partial charge in [0.1, 0.15) is 5.82 Å². The maximum Gasteiger partial charge on any atom is 0.170 e. The molecule has 1 saturated heterocycles. The van der Waals surface area contributed by atoms with Crippen LogP contribution in [0.3, 0.4) is 0 Å². The number of hydrogen-bond acceptors (Lipinski definition) is 2. The van der Waals surface area contributed by atoms with Crippen LogP contribution in [-0.2, 0) is 6.54 Å². The van der Waals surface area contributed by atoms with Crippen LogP contribution in [0.4, 0.5) is 4.39 Å². The van der Waals surface area contributed by atoms with Crippen molar-refractivity contribution in [1.82, 2.24) is 19.8 Å². The number of benzene rings is 2. The fraction of sp³-hybridized carbons (Fsp3) is 0.185. The second-order valence-electron chi connectivity index (χ2n) is 8.35. The van der Waals surface area contributed by atoms with E-state index in [0.717, 1.165) is 22.6 Å². The van der Waals surface area contributed by atoms with Crippen LogP contribution < -0.4 is 5.32 Å². The number of aromatic nitrogens is 2. The number of rotatable bonds is 5. The number of halogens is 1.